The predicted molar refractivity (Wildman–Crippen MR) is 185 cm³/mol. The first-order valence-corrected chi connectivity index (χ1v) is 18.0. The molecule has 2 N–H and O–H groups in total. The quantitative estimate of drug-likeness (QED) is 0.346. The standard InChI is InChI=1S/C34H51ClN4O7S/c1-24-21-39(25(2)23-40)34(42)30-20-28(36-33(41)11-9-18-37(4)5)14-17-31(30)46-26(3)10-7-8-19-45-32(24)22-38(6)47(43,44)29-15-12-27(35)13-16-29/h12-17,20,24-26,32,40H,7-11,18-19,21-23H2,1-6H3,(H,36,41)/t24-,25-,26+,32-/m1/s1. The summed E-state index contributed by atoms with van der Waals surface area (Å²) in [6.45, 7) is 6.74. The third kappa shape index (κ3) is 11.4. The second-order valence-electron chi connectivity index (χ2n) is 12.7. The minimum absolute atomic E-state index is 0.0573. The summed E-state index contributed by atoms with van der Waals surface area (Å²) in [5, 5.41) is 13.5. The van der Waals surface area contributed by atoms with E-state index in [0.717, 1.165) is 19.4 Å². The summed E-state index contributed by atoms with van der Waals surface area (Å²) in [7, 11) is 1.58. The Balaban J connectivity index is 1.92. The van der Waals surface area contributed by atoms with Gasteiger partial charge < -0.3 is 29.7 Å². The number of nitrogens with one attached hydrogen (secondary N) is 1. The predicted octanol–water partition coefficient (Wildman–Crippen LogP) is 4.74. The third-order valence-electron chi connectivity index (χ3n) is 8.30. The van der Waals surface area contributed by atoms with E-state index in [-0.39, 0.29) is 54.0 Å². The lowest BCUT2D eigenvalue weighted by molar-refractivity contribution is -0.116. The van der Waals surface area contributed by atoms with Crippen LogP contribution in [-0.4, -0.2) is 112 Å². The molecule has 0 radical (unpaired) electrons. The van der Waals surface area contributed by atoms with Crippen molar-refractivity contribution >= 4 is 39.1 Å². The van der Waals surface area contributed by atoms with Crippen LogP contribution in [0.5, 0.6) is 5.75 Å². The molecule has 2 amide bonds. The zero-order chi connectivity index (χ0) is 34.7. The number of ether oxygens (including phenoxy) is 2. The zero-order valence-corrected chi connectivity index (χ0v) is 30.0. The molecule has 0 fully saturated rings. The molecule has 1 heterocycles. The maximum Gasteiger partial charge on any atom is 0.258 e. The number of amides is 2. The number of halogens is 1. The average molecular weight is 695 g/mol. The van der Waals surface area contributed by atoms with Crippen LogP contribution in [0.15, 0.2) is 47.4 Å². The second-order valence-corrected chi connectivity index (χ2v) is 15.2. The van der Waals surface area contributed by atoms with E-state index in [9.17, 15) is 23.1 Å². The lowest BCUT2D eigenvalue weighted by atomic mass is 10.0. The summed E-state index contributed by atoms with van der Waals surface area (Å²) in [5.41, 5.74) is 0.747. The zero-order valence-electron chi connectivity index (χ0n) is 28.4. The summed E-state index contributed by atoms with van der Waals surface area (Å²) >= 11 is 5.98. The van der Waals surface area contributed by atoms with Crippen molar-refractivity contribution in [1.82, 2.24) is 14.1 Å². The molecule has 2 aromatic carbocycles. The van der Waals surface area contributed by atoms with Gasteiger partial charge in [0.1, 0.15) is 5.75 Å². The Kier molecular flexibility index (Phi) is 14.9. The lowest BCUT2D eigenvalue weighted by Gasteiger charge is -2.35. The first-order valence-electron chi connectivity index (χ1n) is 16.2. The van der Waals surface area contributed by atoms with Crippen molar-refractivity contribution in [2.45, 2.75) is 76.0 Å². The number of aliphatic hydroxyl groups excluding tert-OH is 1. The molecule has 3 rings (SSSR count). The number of benzene rings is 2. The van der Waals surface area contributed by atoms with Gasteiger partial charge in [0.25, 0.3) is 5.91 Å². The molecule has 4 atom stereocenters. The normalized spacial score (nSPS) is 20.8. The highest BCUT2D eigenvalue weighted by Crippen LogP contribution is 2.29. The van der Waals surface area contributed by atoms with Gasteiger partial charge in [-0.05, 0) is 103 Å². The Bertz CT molecular complexity index is 1420. The van der Waals surface area contributed by atoms with Crippen molar-refractivity contribution in [2.75, 3.05) is 59.3 Å². The Morgan fingerprint density at radius 3 is 2.49 bits per heavy atom. The van der Waals surface area contributed by atoms with Gasteiger partial charge in [-0.25, -0.2) is 8.42 Å². The summed E-state index contributed by atoms with van der Waals surface area (Å²) in [4.78, 5) is 30.7. The molecule has 0 spiro atoms. The van der Waals surface area contributed by atoms with E-state index in [2.05, 4.69) is 5.32 Å². The number of nitrogens with zero attached hydrogens (tertiary/aromatic N) is 3. The molecule has 0 aliphatic carbocycles. The molecule has 0 saturated carbocycles. The fourth-order valence-electron chi connectivity index (χ4n) is 5.38. The van der Waals surface area contributed by atoms with E-state index >= 15 is 0 Å². The van der Waals surface area contributed by atoms with Crippen LogP contribution in [0.2, 0.25) is 5.02 Å². The van der Waals surface area contributed by atoms with Crippen molar-refractivity contribution < 1.29 is 32.6 Å². The number of hydrogen-bond acceptors (Lipinski definition) is 8. The van der Waals surface area contributed by atoms with Crippen LogP contribution in [0, 0.1) is 5.92 Å². The van der Waals surface area contributed by atoms with Gasteiger partial charge in [-0.1, -0.05) is 18.5 Å². The molecule has 11 nitrogen and oxygen atoms in total. The Hall–Kier alpha value is -2.74. The molecule has 0 saturated heterocycles. The van der Waals surface area contributed by atoms with Crippen LogP contribution < -0.4 is 10.1 Å². The number of fused-ring (bicyclic) bond motifs is 1. The summed E-state index contributed by atoms with van der Waals surface area (Å²) < 4.78 is 40.7. The van der Waals surface area contributed by atoms with Gasteiger partial charge in [0.2, 0.25) is 15.9 Å². The maximum absolute atomic E-state index is 14.3. The largest absolute Gasteiger partial charge is 0.490 e. The third-order valence-corrected chi connectivity index (χ3v) is 10.4. The highest BCUT2D eigenvalue weighted by atomic mass is 35.5. The first-order chi connectivity index (χ1) is 22.2. The van der Waals surface area contributed by atoms with E-state index in [1.807, 2.05) is 32.8 Å². The molecule has 47 heavy (non-hydrogen) atoms. The fraction of sp³-hybridized carbons (Fsp3) is 0.588. The summed E-state index contributed by atoms with van der Waals surface area (Å²) in [5.74, 6) is -0.445. The highest BCUT2D eigenvalue weighted by molar-refractivity contribution is 7.89. The number of likely N-dealkylation sites (N-methyl/N-ethyl adjacent to an activating group) is 1. The topological polar surface area (TPSA) is 129 Å². The lowest BCUT2D eigenvalue weighted by Crippen LogP contribution is -2.48. The first kappa shape index (κ1) is 38.7. The molecular weight excluding hydrogens is 644 g/mol. The van der Waals surface area contributed by atoms with Gasteiger partial charge in [0, 0.05) is 49.8 Å². The van der Waals surface area contributed by atoms with Crippen LogP contribution in [0.1, 0.15) is 63.2 Å². The van der Waals surface area contributed by atoms with Crippen molar-refractivity contribution in [2.24, 2.45) is 5.92 Å². The molecule has 1 aliphatic heterocycles. The number of carbonyl (C=O) groups excluding carboxylic acids is 2. The van der Waals surface area contributed by atoms with E-state index in [1.165, 1.54) is 35.6 Å². The minimum Gasteiger partial charge on any atom is -0.490 e. The Morgan fingerprint density at radius 1 is 1.13 bits per heavy atom. The van der Waals surface area contributed by atoms with Crippen molar-refractivity contribution in [3.05, 3.63) is 53.1 Å². The van der Waals surface area contributed by atoms with Gasteiger partial charge in [-0.3, -0.25) is 9.59 Å². The second kappa shape index (κ2) is 18.1. The van der Waals surface area contributed by atoms with Gasteiger partial charge in [0.05, 0.1) is 35.3 Å². The van der Waals surface area contributed by atoms with E-state index < -0.39 is 22.2 Å². The molecule has 0 aromatic heterocycles. The molecule has 1 aliphatic rings. The van der Waals surface area contributed by atoms with Gasteiger partial charge in [0.15, 0.2) is 0 Å². The number of aliphatic hydroxyl groups is 1. The fourth-order valence-corrected chi connectivity index (χ4v) is 6.69. The van der Waals surface area contributed by atoms with E-state index in [1.54, 1.807) is 30.0 Å². The Labute approximate surface area is 285 Å². The number of rotatable bonds is 11. The van der Waals surface area contributed by atoms with E-state index in [4.69, 9.17) is 21.1 Å². The van der Waals surface area contributed by atoms with E-state index in [0.29, 0.717) is 42.3 Å². The summed E-state index contributed by atoms with van der Waals surface area (Å²) in [6, 6.07) is 10.5. The summed E-state index contributed by atoms with van der Waals surface area (Å²) in [6.07, 6.45) is 2.54. The number of hydrogen-bond donors (Lipinski definition) is 2. The molecule has 13 heteroatoms. The van der Waals surface area contributed by atoms with Gasteiger partial charge in [-0.15, -0.1) is 0 Å². The van der Waals surface area contributed by atoms with Crippen molar-refractivity contribution in [3.8, 4) is 5.75 Å². The SMILES string of the molecule is C[C@@H]1CN([C@H](C)CO)C(=O)c2cc(NC(=O)CCCN(C)C)ccc2O[C@@H](C)CCCCO[C@@H]1CN(C)S(=O)(=O)c1ccc(Cl)cc1. The molecular formula is C34H51ClN4O7S. The van der Waals surface area contributed by atoms with Gasteiger partial charge >= 0.3 is 0 Å². The maximum atomic E-state index is 14.3. The molecule has 262 valence electrons. The minimum atomic E-state index is -3.84. The number of sulfonamides is 1. The van der Waals surface area contributed by atoms with Gasteiger partial charge in [-0.2, -0.15) is 4.31 Å². The Morgan fingerprint density at radius 2 is 1.83 bits per heavy atom. The van der Waals surface area contributed by atoms with Crippen LogP contribution >= 0.6 is 11.6 Å². The number of anilines is 1. The van der Waals surface area contributed by atoms with Crippen molar-refractivity contribution in [3.63, 3.8) is 0 Å². The molecule has 0 bridgehead atoms. The van der Waals surface area contributed by atoms with Crippen LogP contribution in [0.4, 0.5) is 5.69 Å². The highest BCUT2D eigenvalue weighted by Gasteiger charge is 2.32. The monoisotopic (exact) mass is 694 g/mol. The molecule has 2 aromatic rings. The van der Waals surface area contributed by atoms with Crippen LogP contribution in [-0.2, 0) is 19.6 Å². The van der Waals surface area contributed by atoms with Crippen LogP contribution in [0.3, 0.4) is 0 Å². The number of carbonyl (C=O) groups is 2. The average Bonchev–Trinajstić information content (AvgIpc) is 3.02. The smallest absolute Gasteiger partial charge is 0.258 e. The van der Waals surface area contributed by atoms with Crippen molar-refractivity contribution in [1.29, 1.82) is 0 Å². The molecule has 0 unspecified atom stereocenters. The van der Waals surface area contributed by atoms with Crippen LogP contribution in [0.25, 0.3) is 0 Å².